The van der Waals surface area contributed by atoms with Gasteiger partial charge < -0.3 is 10.1 Å². The van der Waals surface area contributed by atoms with Crippen molar-refractivity contribution in [3.8, 4) is 5.75 Å². The predicted molar refractivity (Wildman–Crippen MR) is 60.9 cm³/mol. The standard InChI is InChI=1S/C11H12BrNO2/c1-7(14)13-9-5-8-3-2-4-10(12)11(8)15-6-9/h2-4,9H,5-6H2,1H3,(H,13,14)/t9-/m0/s1. The third kappa shape index (κ3) is 2.31. The fourth-order valence-corrected chi connectivity index (χ4v) is 2.29. The molecule has 0 saturated carbocycles. The van der Waals surface area contributed by atoms with Crippen LogP contribution in [0.1, 0.15) is 12.5 Å². The molecule has 0 unspecified atom stereocenters. The maximum absolute atomic E-state index is 10.9. The van der Waals surface area contributed by atoms with Crippen LogP contribution in [0.2, 0.25) is 0 Å². The molecule has 0 bridgehead atoms. The van der Waals surface area contributed by atoms with Crippen molar-refractivity contribution in [2.75, 3.05) is 6.61 Å². The van der Waals surface area contributed by atoms with Crippen LogP contribution in [0, 0.1) is 0 Å². The van der Waals surface area contributed by atoms with Gasteiger partial charge in [0.25, 0.3) is 0 Å². The number of benzene rings is 1. The average Bonchev–Trinajstić information content (AvgIpc) is 2.17. The lowest BCUT2D eigenvalue weighted by Crippen LogP contribution is -2.41. The molecule has 0 aromatic heterocycles. The fraction of sp³-hybridized carbons (Fsp3) is 0.364. The fourth-order valence-electron chi connectivity index (χ4n) is 1.76. The number of halogens is 1. The van der Waals surface area contributed by atoms with E-state index >= 15 is 0 Å². The number of fused-ring (bicyclic) bond motifs is 1. The van der Waals surface area contributed by atoms with Crippen LogP contribution in [0.25, 0.3) is 0 Å². The monoisotopic (exact) mass is 269 g/mol. The largest absolute Gasteiger partial charge is 0.490 e. The Kier molecular flexibility index (Phi) is 2.95. The molecule has 80 valence electrons. The average molecular weight is 270 g/mol. The summed E-state index contributed by atoms with van der Waals surface area (Å²) in [5.74, 6) is 0.890. The molecule has 1 aliphatic rings. The van der Waals surface area contributed by atoms with E-state index in [9.17, 15) is 4.79 Å². The first-order chi connectivity index (χ1) is 7.16. The van der Waals surface area contributed by atoms with E-state index in [0.717, 1.165) is 22.2 Å². The van der Waals surface area contributed by atoms with E-state index in [2.05, 4.69) is 21.2 Å². The summed E-state index contributed by atoms with van der Waals surface area (Å²) >= 11 is 3.44. The van der Waals surface area contributed by atoms with Gasteiger partial charge in [-0.3, -0.25) is 4.79 Å². The quantitative estimate of drug-likeness (QED) is 0.846. The molecule has 1 amide bonds. The summed E-state index contributed by atoms with van der Waals surface area (Å²) < 4.78 is 6.58. The first-order valence-corrected chi connectivity index (χ1v) is 5.63. The highest BCUT2D eigenvalue weighted by atomic mass is 79.9. The highest BCUT2D eigenvalue weighted by Gasteiger charge is 2.21. The van der Waals surface area contributed by atoms with Crippen LogP contribution in [-0.4, -0.2) is 18.6 Å². The Hall–Kier alpha value is -1.03. The molecule has 1 aliphatic heterocycles. The van der Waals surface area contributed by atoms with Gasteiger partial charge >= 0.3 is 0 Å². The highest BCUT2D eigenvalue weighted by Crippen LogP contribution is 2.32. The maximum atomic E-state index is 10.9. The van der Waals surface area contributed by atoms with Crippen LogP contribution in [-0.2, 0) is 11.2 Å². The SMILES string of the molecule is CC(=O)N[C@@H]1COc2c(Br)cccc2C1. The summed E-state index contributed by atoms with van der Waals surface area (Å²) in [6, 6.07) is 6.04. The van der Waals surface area contributed by atoms with Gasteiger partial charge in [-0.1, -0.05) is 12.1 Å². The van der Waals surface area contributed by atoms with Crippen molar-refractivity contribution in [3.63, 3.8) is 0 Å². The van der Waals surface area contributed by atoms with E-state index in [1.54, 1.807) is 0 Å². The number of hydrogen-bond donors (Lipinski definition) is 1. The summed E-state index contributed by atoms with van der Waals surface area (Å²) in [4.78, 5) is 10.9. The van der Waals surface area contributed by atoms with E-state index in [4.69, 9.17) is 4.74 Å². The maximum Gasteiger partial charge on any atom is 0.217 e. The molecule has 0 spiro atoms. The second-order valence-corrected chi connectivity index (χ2v) is 4.49. The molecule has 0 fully saturated rings. The summed E-state index contributed by atoms with van der Waals surface area (Å²) in [5.41, 5.74) is 1.13. The van der Waals surface area contributed by atoms with Gasteiger partial charge in [0.15, 0.2) is 0 Å². The number of carbonyl (C=O) groups excluding carboxylic acids is 1. The van der Waals surface area contributed by atoms with Gasteiger partial charge in [0.05, 0.1) is 10.5 Å². The molecule has 1 atom stereocenters. The Morgan fingerprint density at radius 2 is 2.40 bits per heavy atom. The van der Waals surface area contributed by atoms with Crippen LogP contribution in [0.15, 0.2) is 22.7 Å². The van der Waals surface area contributed by atoms with Gasteiger partial charge in [0.1, 0.15) is 12.4 Å². The molecule has 0 aliphatic carbocycles. The Bertz CT molecular complexity index is 392. The van der Waals surface area contributed by atoms with Crippen molar-refractivity contribution in [1.29, 1.82) is 0 Å². The van der Waals surface area contributed by atoms with Crippen LogP contribution in [0.5, 0.6) is 5.75 Å². The van der Waals surface area contributed by atoms with Crippen molar-refractivity contribution in [2.45, 2.75) is 19.4 Å². The van der Waals surface area contributed by atoms with Crippen LogP contribution < -0.4 is 10.1 Å². The third-order valence-corrected chi connectivity index (χ3v) is 2.98. The Morgan fingerprint density at radius 1 is 1.60 bits per heavy atom. The molecule has 1 aromatic rings. The molecule has 2 rings (SSSR count). The Morgan fingerprint density at radius 3 is 3.13 bits per heavy atom. The van der Waals surface area contributed by atoms with Crippen molar-refractivity contribution < 1.29 is 9.53 Å². The first-order valence-electron chi connectivity index (χ1n) is 4.84. The third-order valence-electron chi connectivity index (χ3n) is 2.35. The molecular formula is C11H12BrNO2. The zero-order valence-electron chi connectivity index (χ0n) is 8.42. The minimum Gasteiger partial charge on any atom is -0.490 e. The molecule has 4 heteroatoms. The van der Waals surface area contributed by atoms with Crippen LogP contribution >= 0.6 is 15.9 Å². The van der Waals surface area contributed by atoms with Gasteiger partial charge in [-0.15, -0.1) is 0 Å². The van der Waals surface area contributed by atoms with Gasteiger partial charge in [-0.2, -0.15) is 0 Å². The number of rotatable bonds is 1. The van der Waals surface area contributed by atoms with Gasteiger partial charge in [-0.05, 0) is 34.0 Å². The van der Waals surface area contributed by atoms with E-state index in [1.165, 1.54) is 6.92 Å². The number of carbonyl (C=O) groups is 1. The minimum absolute atomic E-state index is 0.0120. The Labute approximate surface area is 96.9 Å². The second kappa shape index (κ2) is 4.23. The normalized spacial score (nSPS) is 18.9. The molecule has 3 nitrogen and oxygen atoms in total. The number of ether oxygens (including phenoxy) is 1. The van der Waals surface area contributed by atoms with E-state index in [0.29, 0.717) is 6.61 Å². The number of amides is 1. The summed E-state index contributed by atoms with van der Waals surface area (Å²) in [5, 5.41) is 2.86. The van der Waals surface area contributed by atoms with Crippen molar-refractivity contribution in [1.82, 2.24) is 5.32 Å². The Balaban J connectivity index is 2.17. The van der Waals surface area contributed by atoms with Gasteiger partial charge in [0.2, 0.25) is 5.91 Å². The zero-order chi connectivity index (χ0) is 10.8. The minimum atomic E-state index is -0.0120. The molecule has 0 radical (unpaired) electrons. The van der Waals surface area contributed by atoms with Crippen LogP contribution in [0.3, 0.4) is 0 Å². The van der Waals surface area contributed by atoms with Gasteiger partial charge in [-0.25, -0.2) is 0 Å². The zero-order valence-corrected chi connectivity index (χ0v) is 10.0. The summed E-state index contributed by atoms with van der Waals surface area (Å²) in [6.07, 6.45) is 0.828. The first kappa shape index (κ1) is 10.5. The highest BCUT2D eigenvalue weighted by molar-refractivity contribution is 9.10. The van der Waals surface area contributed by atoms with Gasteiger partial charge in [0, 0.05) is 6.92 Å². The molecule has 1 N–H and O–H groups in total. The lowest BCUT2D eigenvalue weighted by atomic mass is 10.0. The lowest BCUT2D eigenvalue weighted by molar-refractivity contribution is -0.119. The van der Waals surface area contributed by atoms with Crippen molar-refractivity contribution in [2.24, 2.45) is 0 Å². The molecular weight excluding hydrogens is 258 g/mol. The topological polar surface area (TPSA) is 38.3 Å². The van der Waals surface area contributed by atoms with E-state index in [1.807, 2.05) is 18.2 Å². The second-order valence-electron chi connectivity index (χ2n) is 3.64. The number of nitrogens with one attached hydrogen (secondary N) is 1. The summed E-state index contributed by atoms with van der Waals surface area (Å²) in [7, 11) is 0. The van der Waals surface area contributed by atoms with E-state index < -0.39 is 0 Å². The lowest BCUT2D eigenvalue weighted by Gasteiger charge is -2.26. The smallest absolute Gasteiger partial charge is 0.217 e. The number of para-hydroxylation sites is 1. The van der Waals surface area contributed by atoms with Crippen molar-refractivity contribution >= 4 is 21.8 Å². The van der Waals surface area contributed by atoms with Crippen LogP contribution in [0.4, 0.5) is 0 Å². The van der Waals surface area contributed by atoms with E-state index in [-0.39, 0.29) is 11.9 Å². The van der Waals surface area contributed by atoms with Crippen molar-refractivity contribution in [3.05, 3.63) is 28.2 Å². The molecule has 1 heterocycles. The number of hydrogen-bond acceptors (Lipinski definition) is 2. The molecule has 0 saturated heterocycles. The molecule has 1 aromatic carbocycles. The predicted octanol–water partition coefficient (Wildman–Crippen LogP) is 1.89. The molecule has 15 heavy (non-hydrogen) atoms. The summed E-state index contributed by atoms with van der Waals surface area (Å²) in [6.45, 7) is 2.06.